The van der Waals surface area contributed by atoms with Crippen molar-refractivity contribution in [3.8, 4) is 5.75 Å². The van der Waals surface area contributed by atoms with Gasteiger partial charge in [-0.25, -0.2) is 4.79 Å². The van der Waals surface area contributed by atoms with Crippen LogP contribution in [0.5, 0.6) is 5.75 Å². The Kier molecular flexibility index (Phi) is 9.13. The number of methoxy groups -OCH3 is 3. The zero-order valence-corrected chi connectivity index (χ0v) is 34.9. The third-order valence-electron chi connectivity index (χ3n) is 15.0. The van der Waals surface area contributed by atoms with Gasteiger partial charge in [-0.15, -0.1) is 0 Å². The van der Waals surface area contributed by atoms with E-state index in [1.54, 1.807) is 7.11 Å². The number of aromatic amines is 1. The number of rotatable bonds is 7. The molecule has 1 aliphatic carbocycles. The molecule has 3 aromatic rings. The number of ether oxygens (including phenoxy) is 4. The minimum absolute atomic E-state index is 0.0384. The molecule has 2 bridgehead atoms. The second-order valence-corrected chi connectivity index (χ2v) is 17.4. The molecule has 5 aliphatic heterocycles. The van der Waals surface area contributed by atoms with Crippen molar-refractivity contribution in [2.24, 2.45) is 11.3 Å². The molecule has 1 saturated heterocycles. The van der Waals surface area contributed by atoms with Gasteiger partial charge in [0.1, 0.15) is 11.2 Å². The number of anilines is 1. The van der Waals surface area contributed by atoms with Crippen LogP contribution in [-0.2, 0) is 50.6 Å². The number of benzene rings is 2. The standard InChI is InChI=1S/C46H54N4O9/c1-8-27-21-28-24-45(41(53)57-6,36-30(15-19-50(25-27)37(28)52)29-13-10-11-14-33(29)47-36)32-22-31-34(23-35(32)56-5)48(4)39-44(31)17-20-49-18-12-16-43(9-2,38(44)49)40(59-26(3)51)46(39,55)42(54)58-7/h10-14,16,21-23,28,38-40,47,55H,8-9,15,17-20,24-25H2,1-7H3/t28-,38-,39+,40+,43+,44+,45-,46-/m0/s1. The number of hydrogen-bond acceptors (Lipinski definition) is 11. The predicted molar refractivity (Wildman–Crippen MR) is 219 cm³/mol. The highest BCUT2D eigenvalue weighted by Crippen LogP contribution is 2.68. The molecule has 6 aliphatic rings. The lowest BCUT2D eigenvalue weighted by atomic mass is 9.47. The van der Waals surface area contributed by atoms with Gasteiger partial charge >= 0.3 is 17.9 Å². The van der Waals surface area contributed by atoms with Crippen molar-refractivity contribution in [2.45, 2.75) is 87.5 Å². The monoisotopic (exact) mass is 806 g/mol. The first-order valence-electron chi connectivity index (χ1n) is 20.8. The molecule has 0 unspecified atom stereocenters. The van der Waals surface area contributed by atoms with E-state index in [0.717, 1.165) is 34.0 Å². The number of carbonyl (C=O) groups is 4. The third kappa shape index (κ3) is 4.97. The van der Waals surface area contributed by atoms with Gasteiger partial charge in [-0.2, -0.15) is 0 Å². The van der Waals surface area contributed by atoms with Gasteiger partial charge in [0, 0.05) is 84.4 Å². The van der Waals surface area contributed by atoms with E-state index in [1.807, 2.05) is 78.4 Å². The van der Waals surface area contributed by atoms with Crippen LogP contribution in [0.15, 0.2) is 60.2 Å². The molecule has 312 valence electrons. The van der Waals surface area contributed by atoms with Crippen molar-refractivity contribution in [1.29, 1.82) is 0 Å². The van der Waals surface area contributed by atoms with Gasteiger partial charge < -0.3 is 38.8 Å². The minimum atomic E-state index is -2.33. The van der Waals surface area contributed by atoms with E-state index in [9.17, 15) is 19.5 Å². The van der Waals surface area contributed by atoms with E-state index >= 15 is 4.79 Å². The largest absolute Gasteiger partial charge is 0.496 e. The molecule has 8 atom stereocenters. The highest BCUT2D eigenvalue weighted by molar-refractivity contribution is 5.96. The molecule has 1 amide bonds. The molecule has 1 aromatic heterocycles. The summed E-state index contributed by atoms with van der Waals surface area (Å²) in [5.74, 6) is -2.35. The average molecular weight is 807 g/mol. The number of esters is 3. The van der Waals surface area contributed by atoms with Gasteiger partial charge in [-0.3, -0.25) is 19.3 Å². The normalized spacial score (nSPS) is 33.2. The maximum absolute atomic E-state index is 15.3. The van der Waals surface area contributed by atoms with Crippen LogP contribution < -0.4 is 9.64 Å². The highest BCUT2D eigenvalue weighted by atomic mass is 16.6. The molecular weight excluding hydrogens is 753 g/mol. The molecule has 0 radical (unpaired) electrons. The van der Waals surface area contributed by atoms with Crippen molar-refractivity contribution < 1.29 is 43.2 Å². The van der Waals surface area contributed by atoms with Crippen LogP contribution in [0.4, 0.5) is 5.69 Å². The first kappa shape index (κ1) is 39.3. The van der Waals surface area contributed by atoms with Gasteiger partial charge in [0.25, 0.3) is 0 Å². The number of aromatic nitrogens is 1. The molecular formula is C46H54N4O9. The Morgan fingerprint density at radius 3 is 2.46 bits per heavy atom. The van der Waals surface area contributed by atoms with Crippen LogP contribution in [0.1, 0.15) is 68.8 Å². The molecule has 13 nitrogen and oxygen atoms in total. The number of amides is 1. The summed E-state index contributed by atoms with van der Waals surface area (Å²) in [5.41, 5.74) is -0.239. The minimum Gasteiger partial charge on any atom is -0.496 e. The number of hydrogen-bond donors (Lipinski definition) is 2. The number of para-hydroxylation sites is 1. The summed E-state index contributed by atoms with van der Waals surface area (Å²) in [6.07, 6.45) is 7.14. The van der Waals surface area contributed by atoms with Gasteiger partial charge in [-0.1, -0.05) is 55.8 Å². The molecule has 59 heavy (non-hydrogen) atoms. The maximum Gasteiger partial charge on any atom is 0.344 e. The molecule has 13 heteroatoms. The summed E-state index contributed by atoms with van der Waals surface area (Å²) in [6.45, 7) is 7.66. The zero-order chi connectivity index (χ0) is 41.8. The van der Waals surface area contributed by atoms with Crippen molar-refractivity contribution in [2.75, 3.05) is 59.5 Å². The molecule has 1 spiro atoms. The van der Waals surface area contributed by atoms with Gasteiger partial charge in [0.2, 0.25) is 11.5 Å². The van der Waals surface area contributed by atoms with E-state index in [4.69, 9.17) is 18.9 Å². The number of H-pyrrole nitrogens is 1. The van der Waals surface area contributed by atoms with Crippen LogP contribution in [0.25, 0.3) is 10.9 Å². The summed E-state index contributed by atoms with van der Waals surface area (Å²) in [4.78, 5) is 67.1. The van der Waals surface area contributed by atoms with Crippen molar-refractivity contribution in [1.82, 2.24) is 14.8 Å². The number of carbonyl (C=O) groups excluding carboxylic acids is 4. The molecule has 9 rings (SSSR count). The Hall–Kier alpha value is -5.14. The topological polar surface area (TPSA) is 151 Å². The van der Waals surface area contributed by atoms with Gasteiger partial charge in [-0.05, 0) is 61.9 Å². The van der Waals surface area contributed by atoms with Gasteiger partial charge in [0.15, 0.2) is 6.10 Å². The lowest BCUT2D eigenvalue weighted by Crippen LogP contribution is -2.81. The van der Waals surface area contributed by atoms with Crippen LogP contribution >= 0.6 is 0 Å². The molecule has 6 heterocycles. The average Bonchev–Trinajstić information content (AvgIpc) is 3.90. The van der Waals surface area contributed by atoms with Gasteiger partial charge in [0.05, 0.1) is 33.3 Å². The smallest absolute Gasteiger partial charge is 0.344 e. The fraction of sp³-hybridized carbons (Fsp3) is 0.522. The molecule has 2 N–H and O–H groups in total. The Labute approximate surface area is 344 Å². The van der Waals surface area contributed by atoms with Crippen molar-refractivity contribution in [3.63, 3.8) is 0 Å². The van der Waals surface area contributed by atoms with Crippen molar-refractivity contribution >= 4 is 40.4 Å². The highest BCUT2D eigenvalue weighted by Gasteiger charge is 2.80. The molecule has 1 saturated carbocycles. The van der Waals surface area contributed by atoms with Crippen molar-refractivity contribution in [3.05, 3.63) is 82.6 Å². The Morgan fingerprint density at radius 2 is 1.76 bits per heavy atom. The van der Waals surface area contributed by atoms with E-state index in [1.165, 1.54) is 21.1 Å². The second-order valence-electron chi connectivity index (χ2n) is 17.4. The first-order chi connectivity index (χ1) is 28.3. The maximum atomic E-state index is 15.3. The summed E-state index contributed by atoms with van der Waals surface area (Å²) in [6, 6.07) is 10.6. The predicted octanol–water partition coefficient (Wildman–Crippen LogP) is 4.32. The summed E-state index contributed by atoms with van der Waals surface area (Å²) >= 11 is 0. The number of fused-ring (bicyclic) bond motifs is 6. The number of nitrogens with one attached hydrogen (secondary N) is 1. The fourth-order valence-corrected chi connectivity index (χ4v) is 12.8. The lowest BCUT2D eigenvalue weighted by Gasteiger charge is -2.63. The SMILES string of the molecule is CCC1=C[C@H]2C[C@](C(=O)OC)(c3cc4c(cc3OC)N(C)[C@H]3[C@@](O)(C(=O)OC)[C@H](OC(C)=O)[C@]5(CC)C=CCN6CC[C@]43[C@@H]65)c3[nH]c4ccccc4c3CCN(C1)C2=O. The molecule has 2 fully saturated rings. The summed E-state index contributed by atoms with van der Waals surface area (Å²) in [5, 5.41) is 14.3. The Balaban J connectivity index is 1.38. The number of aliphatic hydroxyl groups is 1. The first-order valence-corrected chi connectivity index (χ1v) is 20.8. The van der Waals surface area contributed by atoms with E-state index in [-0.39, 0.29) is 18.4 Å². The Bertz CT molecular complexity index is 2350. The number of nitrogens with zero attached hydrogens (tertiary/aromatic N) is 3. The van der Waals surface area contributed by atoms with E-state index in [0.29, 0.717) is 68.1 Å². The lowest BCUT2D eigenvalue weighted by molar-refractivity contribution is -0.228. The van der Waals surface area contributed by atoms with E-state index in [2.05, 4.69) is 16.8 Å². The van der Waals surface area contributed by atoms with Crippen LogP contribution in [0.3, 0.4) is 0 Å². The van der Waals surface area contributed by atoms with Crippen LogP contribution in [0, 0.1) is 11.3 Å². The fourth-order valence-electron chi connectivity index (χ4n) is 12.8. The summed E-state index contributed by atoms with van der Waals surface area (Å²) in [7, 11) is 6.03. The van der Waals surface area contributed by atoms with E-state index < -0.39 is 57.8 Å². The number of likely N-dealkylation sites (N-methyl/N-ethyl adjacent to an activating group) is 1. The third-order valence-corrected chi connectivity index (χ3v) is 15.0. The molecule has 2 aromatic carbocycles. The quantitative estimate of drug-likeness (QED) is 0.200. The zero-order valence-electron chi connectivity index (χ0n) is 34.9. The van der Waals surface area contributed by atoms with Crippen LogP contribution in [-0.4, -0.2) is 122 Å². The van der Waals surface area contributed by atoms with Crippen LogP contribution in [0.2, 0.25) is 0 Å². The summed E-state index contributed by atoms with van der Waals surface area (Å²) < 4.78 is 23.8. The Morgan fingerprint density at radius 1 is 1.00 bits per heavy atom. The second kappa shape index (κ2) is 13.7.